The molecule has 1 atom stereocenters. The zero-order valence-electron chi connectivity index (χ0n) is 10.7. The van der Waals surface area contributed by atoms with Gasteiger partial charge in [0.15, 0.2) is 0 Å². The molecular weight excluding hydrogens is 234 g/mol. The van der Waals surface area contributed by atoms with E-state index in [-0.39, 0.29) is 11.6 Å². The first-order chi connectivity index (χ1) is 8.32. The van der Waals surface area contributed by atoms with Crippen molar-refractivity contribution in [1.29, 1.82) is 0 Å². The van der Waals surface area contributed by atoms with E-state index in [9.17, 15) is 20.0 Å². The van der Waals surface area contributed by atoms with Crippen LogP contribution in [0.5, 0.6) is 0 Å². The third-order valence-electron chi connectivity index (χ3n) is 2.84. The van der Waals surface area contributed by atoms with Gasteiger partial charge < -0.3 is 5.11 Å². The number of hydrogen-bond acceptors (Lipinski definition) is 3. The summed E-state index contributed by atoms with van der Waals surface area (Å²) in [7, 11) is 0. The largest absolute Gasteiger partial charge is 0.481 e. The summed E-state index contributed by atoms with van der Waals surface area (Å²) in [5, 5.41) is 19.9. The van der Waals surface area contributed by atoms with Crippen molar-refractivity contribution in [3.05, 3.63) is 39.4 Å². The van der Waals surface area contributed by atoms with Crippen LogP contribution in [0.1, 0.15) is 37.3 Å². The quantitative estimate of drug-likeness (QED) is 0.644. The molecule has 0 radical (unpaired) electrons. The summed E-state index contributed by atoms with van der Waals surface area (Å²) in [6.45, 7) is 5.62. The summed E-state index contributed by atoms with van der Waals surface area (Å²) in [6, 6.07) is 4.33. The molecule has 0 aromatic heterocycles. The van der Waals surface area contributed by atoms with Crippen LogP contribution in [0.2, 0.25) is 0 Å². The Hall–Kier alpha value is -1.91. The molecule has 18 heavy (non-hydrogen) atoms. The highest BCUT2D eigenvalue weighted by molar-refractivity contribution is 5.76. The average Bonchev–Trinajstić information content (AvgIpc) is 2.25. The predicted molar refractivity (Wildman–Crippen MR) is 67.7 cm³/mol. The first-order valence-electron chi connectivity index (χ1n) is 5.80. The van der Waals surface area contributed by atoms with Gasteiger partial charge in [-0.1, -0.05) is 19.9 Å². The van der Waals surface area contributed by atoms with Gasteiger partial charge in [0, 0.05) is 12.1 Å². The fraction of sp³-hybridized carbons (Fsp3) is 0.462. The molecular formula is C13H17NO4. The highest BCUT2D eigenvalue weighted by Gasteiger charge is 2.23. The summed E-state index contributed by atoms with van der Waals surface area (Å²) in [5.74, 6) is -1.24. The molecule has 0 aliphatic heterocycles. The van der Waals surface area contributed by atoms with Crippen LogP contribution in [0.3, 0.4) is 0 Å². The number of non-ortho nitro benzene ring substituents is 1. The van der Waals surface area contributed by atoms with Crippen LogP contribution < -0.4 is 0 Å². The highest BCUT2D eigenvalue weighted by Crippen LogP contribution is 2.29. The molecule has 1 rings (SSSR count). The summed E-state index contributed by atoms with van der Waals surface area (Å²) in [4.78, 5) is 21.4. The number of aliphatic carboxylic acids is 1. The third-order valence-corrected chi connectivity index (χ3v) is 2.84. The molecule has 1 unspecified atom stereocenters. The van der Waals surface area contributed by atoms with Crippen molar-refractivity contribution in [3.8, 4) is 0 Å². The second-order valence-corrected chi connectivity index (χ2v) is 4.82. The van der Waals surface area contributed by atoms with Crippen LogP contribution in [0, 0.1) is 23.0 Å². The Morgan fingerprint density at radius 3 is 2.44 bits per heavy atom. The van der Waals surface area contributed by atoms with Crippen molar-refractivity contribution >= 4 is 11.7 Å². The Kier molecular flexibility index (Phi) is 4.42. The third kappa shape index (κ3) is 3.29. The number of nitrogens with zero attached hydrogens (tertiary/aromatic N) is 1. The van der Waals surface area contributed by atoms with Crippen molar-refractivity contribution in [2.45, 2.75) is 33.1 Å². The van der Waals surface area contributed by atoms with Crippen LogP contribution in [0.25, 0.3) is 0 Å². The maximum absolute atomic E-state index is 11.3. The zero-order valence-corrected chi connectivity index (χ0v) is 10.7. The Labute approximate surface area is 106 Å². The lowest BCUT2D eigenvalue weighted by atomic mass is 9.87. The summed E-state index contributed by atoms with van der Waals surface area (Å²) >= 11 is 0. The molecule has 0 fully saturated rings. The minimum Gasteiger partial charge on any atom is -0.481 e. The van der Waals surface area contributed by atoms with E-state index in [4.69, 9.17) is 0 Å². The number of benzene rings is 1. The van der Waals surface area contributed by atoms with E-state index in [0.29, 0.717) is 17.5 Å². The molecule has 1 N–H and O–H groups in total. The molecule has 0 aliphatic rings. The molecule has 0 aliphatic carbocycles. The summed E-state index contributed by atoms with van der Waals surface area (Å²) < 4.78 is 0. The molecule has 0 saturated carbocycles. The first kappa shape index (κ1) is 14.2. The maximum Gasteiger partial charge on any atom is 0.310 e. The second kappa shape index (κ2) is 5.62. The van der Waals surface area contributed by atoms with E-state index in [1.807, 2.05) is 13.8 Å². The van der Waals surface area contributed by atoms with Crippen molar-refractivity contribution in [1.82, 2.24) is 0 Å². The molecule has 98 valence electrons. The average molecular weight is 251 g/mol. The minimum absolute atomic E-state index is 0.00932. The van der Waals surface area contributed by atoms with Gasteiger partial charge in [-0.15, -0.1) is 0 Å². The number of nitro benzene ring substituents is 1. The number of hydrogen-bond donors (Lipinski definition) is 1. The van der Waals surface area contributed by atoms with Crippen LogP contribution in [0.4, 0.5) is 5.69 Å². The number of nitro groups is 1. The lowest BCUT2D eigenvalue weighted by Crippen LogP contribution is -2.15. The topological polar surface area (TPSA) is 80.4 Å². The van der Waals surface area contributed by atoms with Gasteiger partial charge in [0.25, 0.3) is 5.69 Å². The smallest absolute Gasteiger partial charge is 0.310 e. The van der Waals surface area contributed by atoms with Crippen LogP contribution >= 0.6 is 0 Å². The van der Waals surface area contributed by atoms with Crippen molar-refractivity contribution in [2.75, 3.05) is 0 Å². The minimum atomic E-state index is -0.888. The summed E-state index contributed by atoms with van der Waals surface area (Å²) in [5.41, 5.74) is 1.30. The Balaban J connectivity index is 3.13. The molecule has 0 heterocycles. The van der Waals surface area contributed by atoms with Gasteiger partial charge in [0.05, 0.1) is 10.8 Å². The molecule has 0 saturated heterocycles. The van der Waals surface area contributed by atoms with Gasteiger partial charge in [-0.3, -0.25) is 14.9 Å². The van der Waals surface area contributed by atoms with Crippen LogP contribution in [-0.4, -0.2) is 16.0 Å². The first-order valence-corrected chi connectivity index (χ1v) is 5.80. The van der Waals surface area contributed by atoms with Crippen molar-refractivity contribution in [2.24, 2.45) is 5.92 Å². The monoisotopic (exact) mass is 251 g/mol. The zero-order chi connectivity index (χ0) is 13.9. The second-order valence-electron chi connectivity index (χ2n) is 4.82. The molecule has 1 aromatic carbocycles. The number of carbonyl (C=O) groups is 1. The standard InChI is InChI=1S/C13H17NO4/c1-8(2)6-12(13(15)16)11-5-4-10(14(17)18)7-9(11)3/h4-5,7-8,12H,6H2,1-3H3,(H,15,16). The SMILES string of the molecule is Cc1cc([N+](=O)[O-])ccc1C(CC(C)C)C(=O)O. The van der Waals surface area contributed by atoms with Crippen molar-refractivity contribution < 1.29 is 14.8 Å². The molecule has 0 spiro atoms. The van der Waals surface area contributed by atoms with Crippen molar-refractivity contribution in [3.63, 3.8) is 0 Å². The lowest BCUT2D eigenvalue weighted by Gasteiger charge is -2.17. The van der Waals surface area contributed by atoms with Crippen LogP contribution in [-0.2, 0) is 4.79 Å². The molecule has 5 heteroatoms. The van der Waals surface area contributed by atoms with Gasteiger partial charge >= 0.3 is 5.97 Å². The number of carboxylic acid groups (broad SMARTS) is 1. The fourth-order valence-corrected chi connectivity index (χ4v) is 2.00. The van der Waals surface area contributed by atoms with E-state index in [1.54, 1.807) is 13.0 Å². The molecule has 1 aromatic rings. The Morgan fingerprint density at radius 1 is 1.44 bits per heavy atom. The van der Waals surface area contributed by atoms with Gasteiger partial charge in [-0.25, -0.2) is 0 Å². The Morgan fingerprint density at radius 2 is 2.06 bits per heavy atom. The van der Waals surface area contributed by atoms with Gasteiger partial charge in [0.1, 0.15) is 0 Å². The van der Waals surface area contributed by atoms with Gasteiger partial charge in [-0.2, -0.15) is 0 Å². The number of aryl methyl sites for hydroxylation is 1. The lowest BCUT2D eigenvalue weighted by molar-refractivity contribution is -0.384. The maximum atomic E-state index is 11.3. The molecule has 0 amide bonds. The van der Waals surface area contributed by atoms with E-state index >= 15 is 0 Å². The Bertz CT molecular complexity index is 468. The van der Waals surface area contributed by atoms with E-state index < -0.39 is 16.8 Å². The highest BCUT2D eigenvalue weighted by atomic mass is 16.6. The van der Waals surface area contributed by atoms with E-state index in [1.165, 1.54) is 12.1 Å². The van der Waals surface area contributed by atoms with Gasteiger partial charge in [-0.05, 0) is 30.4 Å². The number of carboxylic acids is 1. The predicted octanol–water partition coefficient (Wildman–Crippen LogP) is 3.12. The normalized spacial score (nSPS) is 12.4. The summed E-state index contributed by atoms with van der Waals surface area (Å²) in [6.07, 6.45) is 0.522. The van der Waals surface area contributed by atoms with E-state index in [2.05, 4.69) is 0 Å². The fourth-order valence-electron chi connectivity index (χ4n) is 2.00. The molecule has 5 nitrogen and oxygen atoms in total. The molecule has 0 bridgehead atoms. The van der Waals surface area contributed by atoms with Gasteiger partial charge in [0.2, 0.25) is 0 Å². The van der Waals surface area contributed by atoms with Crippen LogP contribution in [0.15, 0.2) is 18.2 Å². The number of rotatable bonds is 5. The van der Waals surface area contributed by atoms with E-state index in [0.717, 1.165) is 0 Å².